The number of nitriles is 3. The molecule has 0 radical (unpaired) electrons. The van der Waals surface area contributed by atoms with Crippen LogP contribution in [0.2, 0.25) is 0 Å². The molecule has 0 aliphatic heterocycles. The Bertz CT molecular complexity index is 3500. The van der Waals surface area contributed by atoms with Gasteiger partial charge in [-0.2, -0.15) is 29.0 Å². The fourth-order valence-corrected chi connectivity index (χ4v) is 8.46. The Hall–Kier alpha value is -8.38. The summed E-state index contributed by atoms with van der Waals surface area (Å²) >= 11 is 0. The van der Waals surface area contributed by atoms with Crippen LogP contribution in [0.1, 0.15) is 22.3 Å². The highest BCUT2D eigenvalue weighted by Gasteiger charge is 2.37. The van der Waals surface area contributed by atoms with Gasteiger partial charge in [-0.25, -0.2) is 0 Å². The lowest BCUT2D eigenvalue weighted by molar-refractivity contribution is -0.137. The fourth-order valence-electron chi connectivity index (χ4n) is 8.46. The van der Waals surface area contributed by atoms with E-state index >= 15 is 13.2 Å². The van der Waals surface area contributed by atoms with E-state index in [4.69, 9.17) is 0 Å². The second-order valence-electron chi connectivity index (χ2n) is 14.6. The third-order valence-corrected chi connectivity index (χ3v) is 11.2. The van der Waals surface area contributed by atoms with Gasteiger partial charge >= 0.3 is 6.18 Å². The molecular weight excluding hydrogens is 752 g/mol. The molecule has 0 saturated heterocycles. The number of rotatable bonds is 5. The standard InChI is InChI=1S/C52H28F3N5/c53-52(54,55)45-28-50(59-46-10-3-1-8-40(46)43-25-37(20-22-48(43)59)35-16-12-32(29-56)13-17-35)42(39-7-5-6-34(24-39)31-58)27-51(45)60-47-11-4-2-9-41(47)44-26-38(21-23-49(44)60)36-18-14-33(30-57)15-19-36/h1-28H. The average molecular weight is 780 g/mol. The predicted octanol–water partition coefficient (Wildman–Crippen LogP) is 13.5. The lowest BCUT2D eigenvalue weighted by Gasteiger charge is -2.22. The van der Waals surface area contributed by atoms with Crippen LogP contribution in [0.15, 0.2) is 170 Å². The van der Waals surface area contributed by atoms with Gasteiger partial charge in [0.1, 0.15) is 0 Å². The van der Waals surface area contributed by atoms with E-state index in [9.17, 15) is 15.8 Å². The number of halogens is 3. The summed E-state index contributed by atoms with van der Waals surface area (Å²) in [4.78, 5) is 0. The van der Waals surface area contributed by atoms with E-state index in [-0.39, 0.29) is 5.69 Å². The van der Waals surface area contributed by atoms with Crippen LogP contribution < -0.4 is 0 Å². The maximum absolute atomic E-state index is 15.9. The molecule has 0 aliphatic rings. The van der Waals surface area contributed by atoms with Crippen molar-refractivity contribution in [1.29, 1.82) is 15.8 Å². The van der Waals surface area contributed by atoms with Crippen LogP contribution >= 0.6 is 0 Å². The summed E-state index contributed by atoms with van der Waals surface area (Å²) in [5.41, 5.74) is 8.15. The van der Waals surface area contributed by atoms with Crippen LogP contribution in [0, 0.1) is 34.0 Å². The van der Waals surface area contributed by atoms with Crippen molar-refractivity contribution in [3.63, 3.8) is 0 Å². The molecule has 282 valence electrons. The van der Waals surface area contributed by atoms with Gasteiger partial charge in [0.2, 0.25) is 0 Å². The average Bonchev–Trinajstić information content (AvgIpc) is 3.80. The third-order valence-electron chi connectivity index (χ3n) is 11.2. The minimum Gasteiger partial charge on any atom is -0.309 e. The number of aromatic nitrogens is 2. The first-order valence-electron chi connectivity index (χ1n) is 19.1. The van der Waals surface area contributed by atoms with Gasteiger partial charge in [-0.3, -0.25) is 0 Å². The Balaban J connectivity index is 1.27. The molecule has 0 amide bonds. The molecule has 10 aromatic rings. The quantitative estimate of drug-likeness (QED) is 0.174. The van der Waals surface area contributed by atoms with Crippen molar-refractivity contribution < 1.29 is 13.2 Å². The topological polar surface area (TPSA) is 81.2 Å². The van der Waals surface area contributed by atoms with Crippen molar-refractivity contribution in [2.24, 2.45) is 0 Å². The van der Waals surface area contributed by atoms with E-state index < -0.39 is 11.7 Å². The Labute approximate surface area is 341 Å². The number of hydrogen-bond donors (Lipinski definition) is 0. The third kappa shape index (κ3) is 5.85. The van der Waals surface area contributed by atoms with E-state index in [1.807, 2.05) is 120 Å². The highest BCUT2D eigenvalue weighted by Crippen LogP contribution is 2.45. The maximum Gasteiger partial charge on any atom is 0.418 e. The SMILES string of the molecule is N#Cc1ccc(-c2ccc3c(c2)c2ccccc2n3-c2cc(C(F)(F)F)c(-n3c4ccccc4c4cc(-c5ccc(C#N)cc5)ccc43)cc2-c2cccc(C#N)c2)cc1. The normalized spacial score (nSPS) is 11.5. The molecule has 0 fully saturated rings. The number of alkyl halides is 3. The van der Waals surface area contributed by atoms with Gasteiger partial charge in [-0.15, -0.1) is 0 Å². The molecule has 8 heteroatoms. The Kier molecular flexibility index (Phi) is 8.35. The van der Waals surface area contributed by atoms with Gasteiger partial charge < -0.3 is 9.13 Å². The zero-order chi connectivity index (χ0) is 41.1. The first-order valence-corrected chi connectivity index (χ1v) is 19.1. The molecule has 8 aromatic carbocycles. The molecule has 0 atom stereocenters. The highest BCUT2D eigenvalue weighted by atomic mass is 19.4. The van der Waals surface area contributed by atoms with Crippen molar-refractivity contribution >= 4 is 43.6 Å². The number of nitrogens with zero attached hydrogens (tertiary/aromatic N) is 5. The molecule has 0 unspecified atom stereocenters. The van der Waals surface area contributed by atoms with E-state index in [0.29, 0.717) is 50.1 Å². The number of hydrogen-bond acceptors (Lipinski definition) is 3. The van der Waals surface area contributed by atoms with Crippen LogP contribution in [0.25, 0.3) is 88.4 Å². The van der Waals surface area contributed by atoms with Crippen molar-refractivity contribution in [1.82, 2.24) is 9.13 Å². The molecule has 0 N–H and O–H groups in total. The molecule has 0 aliphatic carbocycles. The van der Waals surface area contributed by atoms with Crippen molar-refractivity contribution in [3.8, 4) is 63.0 Å². The van der Waals surface area contributed by atoms with Crippen molar-refractivity contribution in [2.45, 2.75) is 6.18 Å². The maximum atomic E-state index is 15.9. The van der Waals surface area contributed by atoms with E-state index in [0.717, 1.165) is 49.3 Å². The fraction of sp³-hybridized carbons (Fsp3) is 0.0192. The first kappa shape index (κ1) is 36.0. The minimum absolute atomic E-state index is 0.0511. The molecule has 5 nitrogen and oxygen atoms in total. The second kappa shape index (κ2) is 13.9. The van der Waals surface area contributed by atoms with Gasteiger partial charge in [0.25, 0.3) is 0 Å². The lowest BCUT2D eigenvalue weighted by atomic mass is 9.97. The summed E-state index contributed by atoms with van der Waals surface area (Å²) in [6.45, 7) is 0. The van der Waals surface area contributed by atoms with Gasteiger partial charge in [0, 0.05) is 27.1 Å². The lowest BCUT2D eigenvalue weighted by Crippen LogP contribution is -2.13. The van der Waals surface area contributed by atoms with Gasteiger partial charge in [-0.1, -0.05) is 84.9 Å². The molecule has 60 heavy (non-hydrogen) atoms. The summed E-state index contributed by atoms with van der Waals surface area (Å²) in [6.07, 6.45) is -4.78. The zero-order valence-corrected chi connectivity index (χ0v) is 31.5. The molecule has 2 heterocycles. The van der Waals surface area contributed by atoms with Gasteiger partial charge in [-0.05, 0) is 113 Å². The minimum atomic E-state index is -4.78. The van der Waals surface area contributed by atoms with Crippen LogP contribution in [-0.4, -0.2) is 9.13 Å². The highest BCUT2D eigenvalue weighted by molar-refractivity contribution is 6.12. The summed E-state index contributed by atoms with van der Waals surface area (Å²) in [6, 6.07) is 57.6. The predicted molar refractivity (Wildman–Crippen MR) is 231 cm³/mol. The number of benzene rings is 8. The molecule has 2 aromatic heterocycles. The van der Waals surface area contributed by atoms with E-state index in [2.05, 4.69) is 18.2 Å². The zero-order valence-electron chi connectivity index (χ0n) is 31.5. The molecule has 10 rings (SSSR count). The Morgan fingerprint density at radius 3 is 1.33 bits per heavy atom. The summed E-state index contributed by atoms with van der Waals surface area (Å²) in [7, 11) is 0. The smallest absolute Gasteiger partial charge is 0.309 e. The summed E-state index contributed by atoms with van der Waals surface area (Å²) < 4.78 is 51.2. The van der Waals surface area contributed by atoms with E-state index in [1.165, 1.54) is 6.07 Å². The molecule has 0 saturated carbocycles. The molecule has 0 spiro atoms. The van der Waals surface area contributed by atoms with Crippen molar-refractivity contribution in [3.05, 3.63) is 192 Å². The van der Waals surface area contributed by atoms with Crippen LogP contribution in [0.3, 0.4) is 0 Å². The van der Waals surface area contributed by atoms with Gasteiger partial charge in [0.05, 0.1) is 73.9 Å². The van der Waals surface area contributed by atoms with Crippen LogP contribution in [-0.2, 0) is 6.18 Å². The summed E-state index contributed by atoms with van der Waals surface area (Å²) in [5.74, 6) is 0. The molecular formula is C52H28F3N5. The Morgan fingerprint density at radius 1 is 0.367 bits per heavy atom. The van der Waals surface area contributed by atoms with Gasteiger partial charge in [0.15, 0.2) is 0 Å². The monoisotopic (exact) mass is 779 g/mol. The summed E-state index contributed by atoms with van der Waals surface area (Å²) in [5, 5.41) is 31.9. The second-order valence-corrected chi connectivity index (χ2v) is 14.6. The number of para-hydroxylation sites is 2. The largest absolute Gasteiger partial charge is 0.418 e. The Morgan fingerprint density at radius 2 is 0.833 bits per heavy atom. The van der Waals surface area contributed by atoms with Crippen LogP contribution in [0.5, 0.6) is 0 Å². The molecule has 0 bridgehead atoms. The van der Waals surface area contributed by atoms with Crippen LogP contribution in [0.4, 0.5) is 13.2 Å². The number of fused-ring (bicyclic) bond motifs is 6. The van der Waals surface area contributed by atoms with Crippen molar-refractivity contribution in [2.75, 3.05) is 0 Å². The van der Waals surface area contributed by atoms with E-state index in [1.54, 1.807) is 53.1 Å². The first-order chi connectivity index (χ1) is 29.2.